The van der Waals surface area contributed by atoms with Crippen molar-refractivity contribution < 1.29 is 33.4 Å². The average Bonchev–Trinajstić information content (AvgIpc) is 2.68. The van der Waals surface area contributed by atoms with Crippen LogP contribution in [0.5, 0.6) is 0 Å². The summed E-state index contributed by atoms with van der Waals surface area (Å²) in [4.78, 5) is 47.9. The normalized spacial score (nSPS) is 13.3. The molecule has 198 valence electrons. The summed E-state index contributed by atoms with van der Waals surface area (Å²) in [5.74, 6) is -0.735. The van der Waals surface area contributed by atoms with Crippen molar-refractivity contribution in [1.29, 1.82) is 0 Å². The second-order valence-corrected chi connectivity index (χ2v) is 11.4. The molecule has 0 saturated heterocycles. The number of alkyl carbamates (subject to hydrolysis) is 2. The summed E-state index contributed by atoms with van der Waals surface area (Å²) in [6.45, 7) is 11.6. The van der Waals surface area contributed by atoms with Crippen molar-refractivity contribution in [3.63, 3.8) is 0 Å². The number of carbonyl (C=O) groups is 4. The number of carbonyl (C=O) groups excluding carboxylic acids is 4. The Labute approximate surface area is 217 Å². The maximum absolute atomic E-state index is 12.5. The van der Waals surface area contributed by atoms with E-state index in [9.17, 15) is 19.2 Å². The van der Waals surface area contributed by atoms with Crippen LogP contribution >= 0.6 is 22.6 Å². The molecule has 3 N–H and O–H groups in total. The van der Waals surface area contributed by atoms with Crippen LogP contribution < -0.4 is 16.0 Å². The van der Waals surface area contributed by atoms with Gasteiger partial charge in [-0.3, -0.25) is 4.79 Å². The van der Waals surface area contributed by atoms with Crippen molar-refractivity contribution in [3.05, 3.63) is 0 Å². The zero-order valence-corrected chi connectivity index (χ0v) is 23.7. The third-order valence-corrected chi connectivity index (χ3v) is 5.42. The number of rotatable bonds is 13. The lowest BCUT2D eigenvalue weighted by Crippen LogP contribution is -2.44. The number of hydrogen-bond donors (Lipinski definition) is 3. The highest BCUT2D eigenvalue weighted by Crippen LogP contribution is 2.13. The van der Waals surface area contributed by atoms with E-state index in [0.717, 1.165) is 6.42 Å². The molecule has 10 nitrogen and oxygen atoms in total. The van der Waals surface area contributed by atoms with E-state index < -0.39 is 35.4 Å². The molecule has 0 aromatic carbocycles. The van der Waals surface area contributed by atoms with Crippen LogP contribution in [0.1, 0.15) is 80.1 Å². The molecule has 3 amide bonds. The lowest BCUT2D eigenvalue weighted by molar-refractivity contribution is -0.145. The minimum atomic E-state index is -0.745. The van der Waals surface area contributed by atoms with Gasteiger partial charge in [-0.15, -0.1) is 0 Å². The average molecular weight is 600 g/mol. The van der Waals surface area contributed by atoms with Crippen LogP contribution in [-0.2, 0) is 23.8 Å². The molecule has 2 atom stereocenters. The molecule has 0 fully saturated rings. The predicted octanol–water partition coefficient (Wildman–Crippen LogP) is 3.84. The predicted molar refractivity (Wildman–Crippen MR) is 138 cm³/mol. The Morgan fingerprint density at radius 1 is 0.765 bits per heavy atom. The van der Waals surface area contributed by atoms with E-state index in [1.54, 1.807) is 41.5 Å². The smallest absolute Gasteiger partial charge is 0.407 e. The summed E-state index contributed by atoms with van der Waals surface area (Å²) < 4.78 is 14.8. The first-order valence-corrected chi connectivity index (χ1v) is 12.8. The van der Waals surface area contributed by atoms with E-state index in [2.05, 4.69) is 38.5 Å². The van der Waals surface area contributed by atoms with Crippen LogP contribution in [-0.4, -0.2) is 65.4 Å². The number of halogens is 1. The summed E-state index contributed by atoms with van der Waals surface area (Å²) in [6, 6.07) is -0.745. The van der Waals surface area contributed by atoms with Gasteiger partial charge >= 0.3 is 18.2 Å². The third kappa shape index (κ3) is 17.7. The van der Waals surface area contributed by atoms with Crippen molar-refractivity contribution in [2.24, 2.45) is 0 Å². The molecule has 0 saturated carbocycles. The molecule has 0 bridgehead atoms. The van der Waals surface area contributed by atoms with Gasteiger partial charge in [-0.2, -0.15) is 0 Å². The van der Waals surface area contributed by atoms with E-state index >= 15 is 0 Å². The van der Waals surface area contributed by atoms with Crippen molar-refractivity contribution in [1.82, 2.24) is 16.0 Å². The Hall–Kier alpha value is -1.79. The molecule has 0 rings (SSSR count). The second kappa shape index (κ2) is 16.0. The Morgan fingerprint density at radius 2 is 1.21 bits per heavy atom. The number of nitrogens with one attached hydrogen (secondary N) is 3. The second-order valence-electron chi connectivity index (χ2n) is 9.90. The van der Waals surface area contributed by atoms with Crippen LogP contribution in [0.2, 0.25) is 0 Å². The van der Waals surface area contributed by atoms with Crippen LogP contribution in [0.4, 0.5) is 9.59 Å². The number of esters is 1. The molecule has 34 heavy (non-hydrogen) atoms. The van der Waals surface area contributed by atoms with Gasteiger partial charge in [-0.1, -0.05) is 29.0 Å². The summed E-state index contributed by atoms with van der Waals surface area (Å²) in [5, 5.41) is 8.12. The first kappa shape index (κ1) is 32.2. The summed E-state index contributed by atoms with van der Waals surface area (Å²) >= 11 is 2.05. The number of ether oxygens (including phenoxy) is 3. The summed E-state index contributed by atoms with van der Waals surface area (Å²) in [6.07, 6.45) is 2.73. The van der Waals surface area contributed by atoms with Crippen LogP contribution in [0.25, 0.3) is 0 Å². The highest BCUT2D eigenvalue weighted by Gasteiger charge is 2.24. The number of alkyl halides is 1. The van der Waals surface area contributed by atoms with Crippen molar-refractivity contribution >= 4 is 46.7 Å². The van der Waals surface area contributed by atoms with Crippen molar-refractivity contribution in [2.45, 2.75) is 101 Å². The molecule has 2 unspecified atom stereocenters. The fourth-order valence-corrected chi connectivity index (χ4v) is 3.34. The third-order valence-electron chi connectivity index (χ3n) is 4.23. The zero-order chi connectivity index (χ0) is 26.4. The SMILES string of the molecule is COC(=O)C(CCCCNC(=O)OC(C)(C)C)NC(=O)C(I)CCCCNC(=O)OC(C)(C)C. The molecule has 0 aliphatic rings. The molecular formula is C23H42IN3O7. The van der Waals surface area contributed by atoms with E-state index in [1.165, 1.54) is 7.11 Å². The van der Waals surface area contributed by atoms with Crippen LogP contribution in [0.3, 0.4) is 0 Å². The highest BCUT2D eigenvalue weighted by atomic mass is 127. The summed E-state index contributed by atoms with van der Waals surface area (Å²) in [5.41, 5.74) is -1.10. The lowest BCUT2D eigenvalue weighted by atomic mass is 10.1. The molecule has 0 radical (unpaired) electrons. The van der Waals surface area contributed by atoms with Gasteiger partial charge in [-0.25, -0.2) is 14.4 Å². The van der Waals surface area contributed by atoms with Gasteiger partial charge in [0.1, 0.15) is 17.2 Å². The van der Waals surface area contributed by atoms with Gasteiger partial charge in [0.05, 0.1) is 11.0 Å². The van der Waals surface area contributed by atoms with Gasteiger partial charge in [0, 0.05) is 13.1 Å². The molecule has 0 aromatic heterocycles. The molecule has 0 aromatic rings. The van der Waals surface area contributed by atoms with E-state index in [1.807, 2.05) is 0 Å². The Balaban J connectivity index is 4.27. The largest absolute Gasteiger partial charge is 0.467 e. The monoisotopic (exact) mass is 599 g/mol. The Bertz CT molecular complexity index is 660. The Morgan fingerprint density at radius 3 is 1.62 bits per heavy atom. The van der Waals surface area contributed by atoms with Crippen molar-refractivity contribution in [3.8, 4) is 0 Å². The molecule has 11 heteroatoms. The van der Waals surface area contributed by atoms with Crippen LogP contribution in [0.15, 0.2) is 0 Å². The minimum Gasteiger partial charge on any atom is -0.467 e. The molecule has 0 aliphatic carbocycles. The number of unbranched alkanes of at least 4 members (excludes halogenated alkanes) is 2. The molecular weight excluding hydrogens is 557 g/mol. The Kier molecular flexibility index (Phi) is 15.1. The van der Waals surface area contributed by atoms with Crippen LogP contribution in [0, 0.1) is 0 Å². The standard InChI is InChI=1S/C23H42IN3O7/c1-22(2,3)33-20(30)25-14-10-8-12-16(24)18(28)27-17(19(29)32-7)13-9-11-15-26-21(31)34-23(4,5)6/h16-17H,8-15H2,1-7H3,(H,25,30)(H,26,31)(H,27,28). The molecule has 0 spiro atoms. The van der Waals surface area contributed by atoms with Gasteiger partial charge in [0.15, 0.2) is 0 Å². The van der Waals surface area contributed by atoms with Gasteiger partial charge in [0.2, 0.25) is 5.91 Å². The van der Waals surface area contributed by atoms with E-state index in [-0.39, 0.29) is 9.83 Å². The number of amides is 3. The number of methoxy groups -OCH3 is 1. The first-order valence-electron chi connectivity index (χ1n) is 11.6. The minimum absolute atomic E-state index is 0.233. The van der Waals surface area contributed by atoms with E-state index in [0.29, 0.717) is 45.2 Å². The number of hydrogen-bond acceptors (Lipinski definition) is 7. The maximum atomic E-state index is 12.5. The quantitative estimate of drug-likeness (QED) is 0.0964. The summed E-state index contributed by atoms with van der Waals surface area (Å²) in [7, 11) is 1.28. The zero-order valence-electron chi connectivity index (χ0n) is 21.5. The molecule has 0 aliphatic heterocycles. The van der Waals surface area contributed by atoms with Gasteiger partial charge in [0.25, 0.3) is 0 Å². The fourth-order valence-electron chi connectivity index (χ4n) is 2.72. The van der Waals surface area contributed by atoms with Gasteiger partial charge < -0.3 is 30.2 Å². The highest BCUT2D eigenvalue weighted by molar-refractivity contribution is 14.1. The first-order chi connectivity index (χ1) is 15.6. The topological polar surface area (TPSA) is 132 Å². The fraction of sp³-hybridized carbons (Fsp3) is 0.826. The van der Waals surface area contributed by atoms with Crippen molar-refractivity contribution in [2.75, 3.05) is 20.2 Å². The van der Waals surface area contributed by atoms with E-state index in [4.69, 9.17) is 14.2 Å². The maximum Gasteiger partial charge on any atom is 0.407 e. The van der Waals surface area contributed by atoms with Gasteiger partial charge in [-0.05, 0) is 73.6 Å². The lowest BCUT2D eigenvalue weighted by Gasteiger charge is -2.20. The molecule has 0 heterocycles.